The van der Waals surface area contributed by atoms with Crippen molar-refractivity contribution >= 4 is 23.3 Å². The molecule has 1 aliphatic heterocycles. The van der Waals surface area contributed by atoms with Crippen LogP contribution in [-0.2, 0) is 4.74 Å². The lowest BCUT2D eigenvalue weighted by Crippen LogP contribution is -2.29. The Morgan fingerprint density at radius 2 is 1.94 bits per heavy atom. The van der Waals surface area contributed by atoms with E-state index in [0.29, 0.717) is 33.8 Å². The number of amides is 1. The summed E-state index contributed by atoms with van der Waals surface area (Å²) in [4.78, 5) is 38.4. The molecule has 3 heterocycles. The maximum Gasteiger partial charge on any atom is 0.338 e. The fourth-order valence-corrected chi connectivity index (χ4v) is 4.17. The number of aromatic nitrogens is 2. The van der Waals surface area contributed by atoms with E-state index in [1.807, 2.05) is 0 Å². The minimum absolute atomic E-state index is 0.132. The summed E-state index contributed by atoms with van der Waals surface area (Å²) < 4.78 is 10.5. The maximum atomic E-state index is 13.5. The number of carbonyl (C=O) groups is 2. The van der Waals surface area contributed by atoms with Crippen LogP contribution in [0.15, 0.2) is 71.3 Å². The van der Waals surface area contributed by atoms with Crippen LogP contribution < -0.4 is 4.90 Å². The van der Waals surface area contributed by atoms with Gasteiger partial charge in [-0.15, -0.1) is 0 Å². The van der Waals surface area contributed by atoms with Gasteiger partial charge in [0.25, 0.3) is 11.6 Å². The van der Waals surface area contributed by atoms with Gasteiger partial charge in [0.15, 0.2) is 11.5 Å². The molecule has 1 unspecified atom stereocenters. The number of benzene rings is 2. The van der Waals surface area contributed by atoms with Crippen molar-refractivity contribution in [1.82, 2.24) is 10.2 Å². The Labute approximate surface area is 192 Å². The lowest BCUT2D eigenvalue weighted by Gasteiger charge is -2.26. The van der Waals surface area contributed by atoms with Crippen molar-refractivity contribution in [3.63, 3.8) is 0 Å². The van der Waals surface area contributed by atoms with E-state index in [1.165, 1.54) is 17.2 Å². The Bertz CT molecular complexity index is 1390. The number of furan rings is 1. The molecule has 5 rings (SSSR count). The molecule has 34 heavy (non-hydrogen) atoms. The van der Waals surface area contributed by atoms with E-state index in [2.05, 4.69) is 10.2 Å². The van der Waals surface area contributed by atoms with Crippen LogP contribution >= 0.6 is 0 Å². The lowest BCUT2D eigenvalue weighted by molar-refractivity contribution is -0.385. The molecule has 1 amide bonds. The molecule has 0 aliphatic carbocycles. The number of carbonyl (C=O) groups excluding carboxylic acids is 2. The fraction of sp³-hybridized carbons (Fsp3) is 0.125. The lowest BCUT2D eigenvalue weighted by atomic mass is 9.96. The summed E-state index contributed by atoms with van der Waals surface area (Å²) in [6, 6.07) is 15.1. The Morgan fingerprint density at radius 1 is 1.18 bits per heavy atom. The molecule has 0 spiro atoms. The highest BCUT2D eigenvalue weighted by atomic mass is 16.6. The summed E-state index contributed by atoms with van der Waals surface area (Å²) in [6.45, 7) is 1.95. The van der Waals surface area contributed by atoms with E-state index >= 15 is 0 Å². The largest absolute Gasteiger partial charge is 0.463 e. The monoisotopic (exact) mass is 458 g/mol. The van der Waals surface area contributed by atoms with Gasteiger partial charge in [0.2, 0.25) is 0 Å². The molecule has 4 aromatic rings. The number of H-pyrrole nitrogens is 1. The number of ether oxygens (including phenoxy) is 1. The summed E-state index contributed by atoms with van der Waals surface area (Å²) >= 11 is 0. The standard InChI is InChI=1S/C24H18N4O6/c1-2-33-24(30)14-9-11-15(12-10-14)27-22(16-6-3-4-7-17(16)28(31)32)19-20(18-8-5-13-34-18)25-26-21(19)23(27)29/h3-13,22H,2H2,1H3,(H,25,26). The first-order valence-electron chi connectivity index (χ1n) is 10.5. The molecule has 10 nitrogen and oxygen atoms in total. The van der Waals surface area contributed by atoms with Gasteiger partial charge in [0.05, 0.1) is 35.0 Å². The molecular weight excluding hydrogens is 440 g/mol. The predicted octanol–water partition coefficient (Wildman–Crippen LogP) is 4.50. The van der Waals surface area contributed by atoms with Gasteiger partial charge in [-0.1, -0.05) is 12.1 Å². The van der Waals surface area contributed by atoms with Crippen molar-refractivity contribution in [1.29, 1.82) is 0 Å². The van der Waals surface area contributed by atoms with Crippen molar-refractivity contribution < 1.29 is 23.7 Å². The SMILES string of the molecule is CCOC(=O)c1ccc(N2C(=O)c3n[nH]c(-c4ccco4)c3C2c2ccccc2[N+](=O)[O-])cc1. The van der Waals surface area contributed by atoms with Crippen molar-refractivity contribution in [2.75, 3.05) is 11.5 Å². The summed E-state index contributed by atoms with van der Waals surface area (Å²) in [6.07, 6.45) is 1.49. The van der Waals surface area contributed by atoms with Gasteiger partial charge in [-0.25, -0.2) is 4.79 Å². The molecule has 0 saturated heterocycles. The first-order valence-corrected chi connectivity index (χ1v) is 10.5. The number of aromatic amines is 1. The van der Waals surface area contributed by atoms with Crippen LogP contribution in [0.3, 0.4) is 0 Å². The number of hydrogen-bond acceptors (Lipinski definition) is 7. The molecule has 2 aromatic heterocycles. The topological polar surface area (TPSA) is 132 Å². The van der Waals surface area contributed by atoms with Gasteiger partial charge in [-0.3, -0.25) is 24.9 Å². The van der Waals surface area contributed by atoms with E-state index < -0.39 is 22.8 Å². The van der Waals surface area contributed by atoms with Crippen molar-refractivity contribution in [2.24, 2.45) is 0 Å². The normalized spacial score (nSPS) is 14.8. The highest BCUT2D eigenvalue weighted by Crippen LogP contribution is 2.47. The van der Waals surface area contributed by atoms with E-state index in [4.69, 9.17) is 9.15 Å². The van der Waals surface area contributed by atoms with Crippen LogP contribution in [0.4, 0.5) is 11.4 Å². The smallest absolute Gasteiger partial charge is 0.338 e. The first kappa shape index (κ1) is 21.1. The molecule has 1 aliphatic rings. The second-order valence-corrected chi connectivity index (χ2v) is 7.50. The minimum atomic E-state index is -0.851. The minimum Gasteiger partial charge on any atom is -0.463 e. The van der Waals surface area contributed by atoms with Crippen LogP contribution in [0.25, 0.3) is 11.5 Å². The Hall–Kier alpha value is -4.73. The second kappa shape index (κ2) is 8.32. The van der Waals surface area contributed by atoms with Crippen molar-refractivity contribution in [3.05, 3.63) is 99.4 Å². The van der Waals surface area contributed by atoms with Gasteiger partial charge in [-0.05, 0) is 49.4 Å². The molecule has 0 saturated carbocycles. The summed E-state index contributed by atoms with van der Waals surface area (Å²) in [7, 11) is 0. The van der Waals surface area contributed by atoms with E-state index in [9.17, 15) is 19.7 Å². The Balaban J connectivity index is 1.68. The molecule has 2 aromatic carbocycles. The number of nitrogens with one attached hydrogen (secondary N) is 1. The number of anilines is 1. The summed E-state index contributed by atoms with van der Waals surface area (Å²) in [5.74, 6) is -0.467. The zero-order valence-corrected chi connectivity index (χ0v) is 17.9. The number of esters is 1. The summed E-state index contributed by atoms with van der Waals surface area (Å²) in [5.41, 5.74) is 2.05. The maximum absolute atomic E-state index is 13.5. The predicted molar refractivity (Wildman–Crippen MR) is 120 cm³/mol. The number of hydrogen-bond donors (Lipinski definition) is 1. The van der Waals surface area contributed by atoms with Crippen molar-refractivity contribution in [2.45, 2.75) is 13.0 Å². The van der Waals surface area contributed by atoms with Crippen LogP contribution in [-0.4, -0.2) is 33.6 Å². The molecule has 0 radical (unpaired) electrons. The van der Waals surface area contributed by atoms with Gasteiger partial charge in [0, 0.05) is 17.3 Å². The molecule has 1 atom stereocenters. The van der Waals surface area contributed by atoms with E-state index in [1.54, 1.807) is 61.5 Å². The van der Waals surface area contributed by atoms with Crippen molar-refractivity contribution in [3.8, 4) is 11.5 Å². The first-order chi connectivity index (χ1) is 16.5. The van der Waals surface area contributed by atoms with Gasteiger partial charge in [-0.2, -0.15) is 5.10 Å². The number of para-hydroxylation sites is 1. The number of rotatable bonds is 6. The molecule has 0 fully saturated rings. The van der Waals surface area contributed by atoms with Gasteiger partial charge < -0.3 is 9.15 Å². The number of nitro benzene ring substituents is 1. The van der Waals surface area contributed by atoms with Crippen LogP contribution in [0.1, 0.15) is 44.9 Å². The van der Waals surface area contributed by atoms with Crippen LogP contribution in [0.2, 0.25) is 0 Å². The van der Waals surface area contributed by atoms with Crippen LogP contribution in [0, 0.1) is 10.1 Å². The van der Waals surface area contributed by atoms with Gasteiger partial charge in [0.1, 0.15) is 5.69 Å². The van der Waals surface area contributed by atoms with Gasteiger partial charge >= 0.3 is 5.97 Å². The average molecular weight is 458 g/mol. The molecular formula is C24H18N4O6. The average Bonchev–Trinajstić information content (AvgIpc) is 3.57. The molecule has 170 valence electrons. The Morgan fingerprint density at radius 3 is 2.62 bits per heavy atom. The van der Waals surface area contributed by atoms with E-state index in [0.717, 1.165) is 0 Å². The number of fused-ring (bicyclic) bond motifs is 1. The molecule has 1 N–H and O–H groups in total. The molecule has 10 heteroatoms. The number of nitrogens with zero attached hydrogens (tertiary/aromatic N) is 3. The highest BCUT2D eigenvalue weighted by Gasteiger charge is 2.46. The van der Waals surface area contributed by atoms with E-state index in [-0.39, 0.29) is 18.0 Å². The molecule has 0 bridgehead atoms. The second-order valence-electron chi connectivity index (χ2n) is 7.50. The Kier molecular flexibility index (Phi) is 5.17. The summed E-state index contributed by atoms with van der Waals surface area (Å²) in [5, 5.41) is 18.9. The third-order valence-electron chi connectivity index (χ3n) is 5.61. The van der Waals surface area contributed by atoms with Crippen LogP contribution in [0.5, 0.6) is 0 Å². The highest BCUT2D eigenvalue weighted by molar-refractivity contribution is 6.12. The fourth-order valence-electron chi connectivity index (χ4n) is 4.17. The quantitative estimate of drug-likeness (QED) is 0.255. The third kappa shape index (κ3) is 3.32. The third-order valence-corrected chi connectivity index (χ3v) is 5.61. The zero-order chi connectivity index (χ0) is 23.8. The zero-order valence-electron chi connectivity index (χ0n) is 17.9. The number of nitro groups is 1.